The van der Waals surface area contributed by atoms with E-state index in [1.807, 2.05) is 13.0 Å². The first-order chi connectivity index (χ1) is 8.90. The molecule has 0 spiro atoms. The molecule has 0 aliphatic rings. The summed E-state index contributed by atoms with van der Waals surface area (Å²) in [5.41, 5.74) is 1.83. The number of nitrogens with one attached hydrogen (secondary N) is 1. The number of anilines is 1. The van der Waals surface area contributed by atoms with E-state index in [2.05, 4.69) is 9.71 Å². The molecule has 4 nitrogen and oxygen atoms in total. The summed E-state index contributed by atoms with van der Waals surface area (Å²) in [7, 11) is -3.66. The van der Waals surface area contributed by atoms with Crippen LogP contribution < -0.4 is 4.72 Å². The lowest BCUT2D eigenvalue weighted by Gasteiger charge is -2.11. The molecule has 1 aromatic carbocycles. The van der Waals surface area contributed by atoms with Crippen molar-refractivity contribution in [3.05, 3.63) is 52.8 Å². The van der Waals surface area contributed by atoms with Crippen LogP contribution in [0.25, 0.3) is 0 Å². The van der Waals surface area contributed by atoms with Crippen molar-refractivity contribution in [2.75, 3.05) is 4.72 Å². The lowest BCUT2D eigenvalue weighted by Crippen LogP contribution is -2.15. The molecule has 1 aromatic heterocycles. The fraction of sp³-hybridized carbons (Fsp3) is 0.154. The minimum Gasteiger partial charge on any atom is -0.276 e. The van der Waals surface area contributed by atoms with Crippen molar-refractivity contribution in [2.45, 2.75) is 18.7 Å². The van der Waals surface area contributed by atoms with Crippen LogP contribution in [0.1, 0.15) is 11.1 Å². The molecule has 0 saturated carbocycles. The van der Waals surface area contributed by atoms with Crippen molar-refractivity contribution in [1.29, 1.82) is 0 Å². The van der Waals surface area contributed by atoms with Crippen LogP contribution in [0.5, 0.6) is 0 Å². The normalized spacial score (nSPS) is 11.3. The van der Waals surface area contributed by atoms with Crippen LogP contribution in [0.15, 0.2) is 41.4 Å². The molecule has 2 rings (SSSR count). The van der Waals surface area contributed by atoms with E-state index in [1.165, 1.54) is 6.20 Å². The summed E-state index contributed by atoms with van der Waals surface area (Å²) < 4.78 is 27.1. The number of rotatable bonds is 3. The molecule has 1 heterocycles. The predicted octanol–water partition coefficient (Wildman–Crippen LogP) is 3.15. The van der Waals surface area contributed by atoms with Crippen LogP contribution in [-0.4, -0.2) is 13.4 Å². The van der Waals surface area contributed by atoms with E-state index in [0.29, 0.717) is 5.56 Å². The van der Waals surface area contributed by atoms with Gasteiger partial charge in [0.2, 0.25) is 0 Å². The topological polar surface area (TPSA) is 59.1 Å². The molecule has 0 amide bonds. The molecule has 2 aromatic rings. The Balaban J connectivity index is 2.44. The quantitative estimate of drug-likeness (QED) is 0.885. The van der Waals surface area contributed by atoms with Gasteiger partial charge in [0.15, 0.2) is 5.15 Å². The minimum atomic E-state index is -3.66. The lowest BCUT2D eigenvalue weighted by atomic mass is 10.2. The Labute approximate surface area is 117 Å². The molecule has 0 unspecified atom stereocenters. The number of pyridine rings is 1. The molecular weight excluding hydrogens is 284 g/mol. The predicted molar refractivity (Wildman–Crippen MR) is 76.0 cm³/mol. The Kier molecular flexibility index (Phi) is 3.78. The zero-order valence-corrected chi connectivity index (χ0v) is 12.1. The van der Waals surface area contributed by atoms with Crippen molar-refractivity contribution in [3.8, 4) is 0 Å². The van der Waals surface area contributed by atoms with E-state index >= 15 is 0 Å². The smallest absolute Gasteiger partial charge is 0.262 e. The van der Waals surface area contributed by atoms with E-state index in [9.17, 15) is 8.42 Å². The third-order valence-electron chi connectivity index (χ3n) is 2.64. The molecule has 0 aliphatic carbocycles. The van der Waals surface area contributed by atoms with Crippen molar-refractivity contribution >= 4 is 27.3 Å². The van der Waals surface area contributed by atoms with Crippen molar-refractivity contribution in [1.82, 2.24) is 4.98 Å². The molecule has 0 saturated heterocycles. The van der Waals surface area contributed by atoms with Gasteiger partial charge in [-0.3, -0.25) is 4.72 Å². The van der Waals surface area contributed by atoms with Gasteiger partial charge in [-0.1, -0.05) is 23.7 Å². The lowest BCUT2D eigenvalue weighted by molar-refractivity contribution is 0.600. The fourth-order valence-corrected chi connectivity index (χ4v) is 3.28. The zero-order valence-electron chi connectivity index (χ0n) is 10.5. The molecule has 19 heavy (non-hydrogen) atoms. The van der Waals surface area contributed by atoms with Gasteiger partial charge in [0, 0.05) is 6.20 Å². The van der Waals surface area contributed by atoms with Gasteiger partial charge in [0.25, 0.3) is 10.0 Å². The van der Waals surface area contributed by atoms with Crippen LogP contribution in [0.4, 0.5) is 5.69 Å². The van der Waals surface area contributed by atoms with Crippen LogP contribution >= 0.6 is 11.6 Å². The molecular formula is C13H13ClN2O2S. The number of aryl methyl sites for hydroxylation is 2. The first-order valence-corrected chi connectivity index (χ1v) is 7.47. The third-order valence-corrected chi connectivity index (χ3v) is 4.45. The highest BCUT2D eigenvalue weighted by Crippen LogP contribution is 2.24. The van der Waals surface area contributed by atoms with Crippen LogP contribution in [0.3, 0.4) is 0 Å². The second kappa shape index (κ2) is 5.19. The van der Waals surface area contributed by atoms with Gasteiger partial charge < -0.3 is 0 Å². The van der Waals surface area contributed by atoms with Crippen LogP contribution in [-0.2, 0) is 10.0 Å². The number of hydrogen-bond donors (Lipinski definition) is 1. The third kappa shape index (κ3) is 3.05. The summed E-state index contributed by atoms with van der Waals surface area (Å²) in [6.07, 6.45) is 1.50. The number of hydrogen-bond acceptors (Lipinski definition) is 3. The van der Waals surface area contributed by atoms with Gasteiger partial charge in [0.1, 0.15) is 0 Å². The molecule has 100 valence electrons. The molecule has 0 fully saturated rings. The van der Waals surface area contributed by atoms with Gasteiger partial charge in [0.05, 0.1) is 10.6 Å². The molecule has 0 aliphatic heterocycles. The van der Waals surface area contributed by atoms with E-state index in [0.717, 1.165) is 5.56 Å². The first kappa shape index (κ1) is 13.8. The Hall–Kier alpha value is -1.59. The monoisotopic (exact) mass is 296 g/mol. The highest BCUT2D eigenvalue weighted by Gasteiger charge is 2.18. The number of halogens is 1. The largest absolute Gasteiger partial charge is 0.276 e. The van der Waals surface area contributed by atoms with E-state index in [1.54, 1.807) is 31.2 Å². The highest BCUT2D eigenvalue weighted by molar-refractivity contribution is 7.92. The average Bonchev–Trinajstić information content (AvgIpc) is 2.35. The van der Waals surface area contributed by atoms with Gasteiger partial charge in [-0.05, 0) is 43.2 Å². The molecule has 0 radical (unpaired) electrons. The maximum atomic E-state index is 12.3. The highest BCUT2D eigenvalue weighted by atomic mass is 35.5. The minimum absolute atomic E-state index is 0.122. The maximum absolute atomic E-state index is 12.3. The number of nitrogens with zero attached hydrogens (tertiary/aromatic N) is 1. The summed E-state index contributed by atoms with van der Waals surface area (Å²) in [6, 6.07) is 8.45. The van der Waals surface area contributed by atoms with Gasteiger partial charge in [-0.15, -0.1) is 0 Å². The summed E-state index contributed by atoms with van der Waals surface area (Å²) in [5, 5.41) is 0.122. The van der Waals surface area contributed by atoms with Crippen LogP contribution in [0.2, 0.25) is 5.15 Å². The maximum Gasteiger partial charge on any atom is 0.262 e. The Morgan fingerprint density at radius 3 is 2.63 bits per heavy atom. The van der Waals surface area contributed by atoms with Crippen molar-refractivity contribution in [3.63, 3.8) is 0 Å². The number of aromatic nitrogens is 1. The molecule has 1 N–H and O–H groups in total. The first-order valence-electron chi connectivity index (χ1n) is 5.61. The Morgan fingerprint density at radius 1 is 1.21 bits per heavy atom. The van der Waals surface area contributed by atoms with Gasteiger partial charge in [-0.2, -0.15) is 0 Å². The SMILES string of the molecule is Cc1ccc(C)c(S(=O)(=O)Nc2cccnc2Cl)c1. The summed E-state index contributed by atoms with van der Waals surface area (Å²) in [6.45, 7) is 3.59. The fourth-order valence-electron chi connectivity index (χ4n) is 1.66. The van der Waals surface area contributed by atoms with Crippen molar-refractivity contribution in [2.24, 2.45) is 0 Å². The summed E-state index contributed by atoms with van der Waals surface area (Å²) in [5.74, 6) is 0. The summed E-state index contributed by atoms with van der Waals surface area (Å²) >= 11 is 5.85. The Bertz CT molecular complexity index is 714. The number of benzene rings is 1. The van der Waals surface area contributed by atoms with E-state index < -0.39 is 10.0 Å². The summed E-state index contributed by atoms with van der Waals surface area (Å²) in [4.78, 5) is 4.08. The second-order valence-electron chi connectivity index (χ2n) is 4.22. The molecule has 6 heteroatoms. The van der Waals surface area contributed by atoms with Gasteiger partial charge >= 0.3 is 0 Å². The second-order valence-corrected chi connectivity index (χ2v) is 6.23. The number of sulfonamides is 1. The Morgan fingerprint density at radius 2 is 1.95 bits per heavy atom. The zero-order chi connectivity index (χ0) is 14.0. The van der Waals surface area contributed by atoms with E-state index in [-0.39, 0.29) is 15.7 Å². The molecule has 0 atom stereocenters. The van der Waals surface area contributed by atoms with Crippen molar-refractivity contribution < 1.29 is 8.42 Å². The van der Waals surface area contributed by atoms with Crippen LogP contribution in [0, 0.1) is 13.8 Å². The average molecular weight is 297 g/mol. The standard InChI is InChI=1S/C13H13ClN2O2S/c1-9-5-6-10(2)12(8-9)19(17,18)16-11-4-3-7-15-13(11)14/h3-8,16H,1-2H3. The van der Waals surface area contributed by atoms with Gasteiger partial charge in [-0.25, -0.2) is 13.4 Å². The molecule has 0 bridgehead atoms. The van der Waals surface area contributed by atoms with E-state index in [4.69, 9.17) is 11.6 Å².